The van der Waals surface area contributed by atoms with Crippen LogP contribution in [0.3, 0.4) is 0 Å². The van der Waals surface area contributed by atoms with E-state index in [2.05, 4.69) is 6.92 Å². The van der Waals surface area contributed by atoms with Crippen LogP contribution in [0.25, 0.3) is 0 Å². The Morgan fingerprint density at radius 2 is 1.68 bits per heavy atom. The van der Waals surface area contributed by atoms with Crippen molar-refractivity contribution >= 4 is 17.7 Å². The lowest BCUT2D eigenvalue weighted by Gasteiger charge is -2.59. The summed E-state index contributed by atoms with van der Waals surface area (Å²) >= 11 is 0. The fourth-order valence-electron chi connectivity index (χ4n) is 7.68. The van der Waals surface area contributed by atoms with Gasteiger partial charge in [0.05, 0.1) is 11.8 Å². The molecule has 5 nitrogen and oxygen atoms in total. The molecule has 7 rings (SSSR count). The molecule has 7 aliphatic rings. The van der Waals surface area contributed by atoms with Crippen molar-refractivity contribution in [1.29, 1.82) is 0 Å². The number of Topliss-reactive ketones (excluding diaryl/α,β-unsaturated/α-hetero) is 1. The summed E-state index contributed by atoms with van der Waals surface area (Å²) in [7, 11) is 0. The van der Waals surface area contributed by atoms with Gasteiger partial charge in [0.1, 0.15) is 5.60 Å². The molecule has 5 heteroatoms. The van der Waals surface area contributed by atoms with Crippen molar-refractivity contribution in [2.24, 2.45) is 47.3 Å². The molecule has 1 saturated heterocycles. The van der Waals surface area contributed by atoms with Gasteiger partial charge < -0.3 is 9.47 Å². The monoisotopic (exact) mass is 344 g/mol. The van der Waals surface area contributed by atoms with E-state index in [4.69, 9.17) is 9.47 Å². The van der Waals surface area contributed by atoms with Crippen LogP contribution in [-0.2, 0) is 23.9 Å². The molecule has 6 aliphatic carbocycles. The minimum absolute atomic E-state index is 0.0516. The summed E-state index contributed by atoms with van der Waals surface area (Å²) in [6.45, 7) is 2.11. The summed E-state index contributed by atoms with van der Waals surface area (Å²) in [6, 6.07) is 0. The third kappa shape index (κ3) is 1.68. The van der Waals surface area contributed by atoms with E-state index in [1.54, 1.807) is 0 Å². The molecule has 0 spiro atoms. The molecule has 25 heavy (non-hydrogen) atoms. The Hall–Kier alpha value is -1.39. The summed E-state index contributed by atoms with van der Waals surface area (Å²) in [5.41, 5.74) is -0.405. The summed E-state index contributed by atoms with van der Waals surface area (Å²) in [5.74, 6) is 0.304. The fourth-order valence-corrected chi connectivity index (χ4v) is 7.68. The van der Waals surface area contributed by atoms with Crippen LogP contribution >= 0.6 is 0 Å². The molecule has 5 atom stereocenters. The van der Waals surface area contributed by atoms with Gasteiger partial charge in [-0.25, -0.2) is 0 Å². The van der Waals surface area contributed by atoms with Crippen LogP contribution in [0.1, 0.15) is 45.4 Å². The Balaban J connectivity index is 1.28. The van der Waals surface area contributed by atoms with Crippen LogP contribution in [0.2, 0.25) is 0 Å². The number of hydrogen-bond donors (Lipinski definition) is 0. The van der Waals surface area contributed by atoms with E-state index >= 15 is 0 Å². The lowest BCUT2D eigenvalue weighted by molar-refractivity contribution is -0.209. The highest BCUT2D eigenvalue weighted by Gasteiger charge is 2.69. The zero-order valence-corrected chi connectivity index (χ0v) is 14.5. The van der Waals surface area contributed by atoms with Gasteiger partial charge in [0, 0.05) is 11.8 Å². The Kier molecular flexibility index (Phi) is 2.64. The highest BCUT2D eigenvalue weighted by Crippen LogP contribution is 2.61. The van der Waals surface area contributed by atoms with Crippen LogP contribution in [0.15, 0.2) is 0 Å². The van der Waals surface area contributed by atoms with Crippen molar-refractivity contribution < 1.29 is 23.9 Å². The van der Waals surface area contributed by atoms with Crippen LogP contribution in [0.5, 0.6) is 0 Å². The van der Waals surface area contributed by atoms with E-state index in [1.807, 2.05) is 0 Å². The molecular formula is C20H24O5. The highest BCUT2D eigenvalue weighted by molar-refractivity contribution is 6.01. The van der Waals surface area contributed by atoms with Gasteiger partial charge in [0.15, 0.2) is 11.9 Å². The number of ether oxygens (including phenoxy) is 2. The number of ketones is 1. The maximum atomic E-state index is 13.1. The van der Waals surface area contributed by atoms with E-state index in [1.165, 1.54) is 32.1 Å². The van der Waals surface area contributed by atoms with E-state index in [-0.39, 0.29) is 29.6 Å². The van der Waals surface area contributed by atoms with Crippen LogP contribution in [-0.4, -0.2) is 29.4 Å². The van der Waals surface area contributed by atoms with Gasteiger partial charge in [-0.1, -0.05) is 0 Å². The Labute approximate surface area is 146 Å². The molecule has 5 unspecified atom stereocenters. The molecular weight excluding hydrogens is 320 g/mol. The molecule has 1 heterocycles. The Bertz CT molecular complexity index is 668. The smallest absolute Gasteiger partial charge is 0.311 e. The van der Waals surface area contributed by atoms with Crippen molar-refractivity contribution in [2.45, 2.75) is 57.2 Å². The van der Waals surface area contributed by atoms with Crippen LogP contribution in [0.4, 0.5) is 0 Å². The number of rotatable bonds is 2. The van der Waals surface area contributed by atoms with Crippen LogP contribution < -0.4 is 0 Å². The normalized spacial score (nSPS) is 57.2. The number of hydrogen-bond acceptors (Lipinski definition) is 5. The first kappa shape index (κ1) is 14.7. The van der Waals surface area contributed by atoms with Crippen molar-refractivity contribution in [2.75, 3.05) is 0 Å². The SMILES string of the molecule is CC1(OC(=O)C2C3CC4C(OC(=O)C42)C3=O)C2CC3CC(C2)CC1C3. The molecule has 134 valence electrons. The predicted octanol–water partition coefficient (Wildman–Crippen LogP) is 2.12. The van der Waals surface area contributed by atoms with Crippen molar-refractivity contribution in [1.82, 2.24) is 0 Å². The third-order valence-electron chi connectivity index (χ3n) is 8.71. The molecule has 0 aromatic carbocycles. The number of carbonyl (C=O) groups excluding carboxylic acids is 3. The summed E-state index contributed by atoms with van der Waals surface area (Å²) in [5, 5.41) is 0. The average molecular weight is 344 g/mol. The second kappa shape index (κ2) is 4.47. The maximum absolute atomic E-state index is 13.1. The number of esters is 2. The third-order valence-corrected chi connectivity index (χ3v) is 8.71. The van der Waals surface area contributed by atoms with E-state index in [9.17, 15) is 14.4 Å². The molecule has 1 aliphatic heterocycles. The zero-order chi connectivity index (χ0) is 17.1. The zero-order valence-electron chi connectivity index (χ0n) is 14.5. The topological polar surface area (TPSA) is 69.7 Å². The standard InChI is InChI=1S/C20H24O5/c1-20(10-3-8-2-9(5-10)6-11(20)4-8)25-19(23)14-12-7-13-15(14)18(22)24-17(13)16(12)21/h8-15,17H,2-7H2,1H3. The Morgan fingerprint density at radius 3 is 2.32 bits per heavy atom. The molecule has 7 fully saturated rings. The van der Waals surface area contributed by atoms with Gasteiger partial charge in [-0.2, -0.15) is 0 Å². The molecule has 0 aromatic heterocycles. The summed E-state index contributed by atoms with van der Waals surface area (Å²) < 4.78 is 11.4. The molecule has 6 bridgehead atoms. The van der Waals surface area contributed by atoms with Crippen molar-refractivity contribution in [3.05, 3.63) is 0 Å². The first-order chi connectivity index (χ1) is 12.0. The first-order valence-corrected chi connectivity index (χ1v) is 9.92. The summed E-state index contributed by atoms with van der Waals surface area (Å²) in [4.78, 5) is 37.7. The largest absolute Gasteiger partial charge is 0.459 e. The lowest BCUT2D eigenvalue weighted by atomic mass is 9.50. The second-order valence-corrected chi connectivity index (χ2v) is 9.73. The van der Waals surface area contributed by atoms with E-state index in [0.29, 0.717) is 18.3 Å². The van der Waals surface area contributed by atoms with Gasteiger partial charge in [-0.15, -0.1) is 0 Å². The molecule has 0 radical (unpaired) electrons. The van der Waals surface area contributed by atoms with Gasteiger partial charge in [0.25, 0.3) is 0 Å². The Morgan fingerprint density at radius 1 is 1.04 bits per heavy atom. The molecule has 0 N–H and O–H groups in total. The van der Waals surface area contributed by atoms with Gasteiger partial charge >= 0.3 is 11.9 Å². The van der Waals surface area contributed by atoms with Crippen molar-refractivity contribution in [3.8, 4) is 0 Å². The lowest BCUT2D eigenvalue weighted by Crippen LogP contribution is -2.58. The van der Waals surface area contributed by atoms with Gasteiger partial charge in [0.2, 0.25) is 0 Å². The molecule has 0 aromatic rings. The summed E-state index contributed by atoms with van der Waals surface area (Å²) in [6.07, 6.45) is 6.06. The van der Waals surface area contributed by atoms with Gasteiger partial charge in [-0.05, 0) is 69.1 Å². The maximum Gasteiger partial charge on any atom is 0.311 e. The minimum atomic E-state index is -0.599. The van der Waals surface area contributed by atoms with E-state index < -0.39 is 23.5 Å². The average Bonchev–Trinajstić information content (AvgIpc) is 3.16. The minimum Gasteiger partial charge on any atom is -0.459 e. The van der Waals surface area contributed by atoms with Crippen LogP contribution in [0, 0.1) is 47.3 Å². The number of carbonyl (C=O) groups is 3. The van der Waals surface area contributed by atoms with E-state index in [0.717, 1.165) is 11.8 Å². The predicted molar refractivity (Wildman–Crippen MR) is 85.0 cm³/mol. The first-order valence-electron chi connectivity index (χ1n) is 9.92. The van der Waals surface area contributed by atoms with Gasteiger partial charge in [-0.3, -0.25) is 14.4 Å². The van der Waals surface area contributed by atoms with Crippen molar-refractivity contribution in [3.63, 3.8) is 0 Å². The quantitative estimate of drug-likeness (QED) is 0.718. The highest BCUT2D eigenvalue weighted by atomic mass is 16.6. The molecule has 0 amide bonds. The fraction of sp³-hybridized carbons (Fsp3) is 0.850. The second-order valence-electron chi connectivity index (χ2n) is 9.73. The number of fused-ring (bicyclic) bond motifs is 1. The molecule has 6 saturated carbocycles.